The summed E-state index contributed by atoms with van der Waals surface area (Å²) in [6, 6.07) is 3.91. The van der Waals surface area contributed by atoms with Crippen LogP contribution in [0.4, 0.5) is 17.6 Å². The van der Waals surface area contributed by atoms with Gasteiger partial charge in [0, 0.05) is 6.61 Å². The van der Waals surface area contributed by atoms with Crippen LogP contribution in [0.15, 0.2) is 18.2 Å². The van der Waals surface area contributed by atoms with Gasteiger partial charge in [-0.25, -0.2) is 4.39 Å². The number of hydrogen-bond acceptors (Lipinski definition) is 2. The van der Waals surface area contributed by atoms with Gasteiger partial charge in [0.25, 0.3) is 0 Å². The fourth-order valence-electron chi connectivity index (χ4n) is 5.06. The monoisotopic (exact) mass is 416 g/mol. The molecule has 0 radical (unpaired) electrons. The van der Waals surface area contributed by atoms with Crippen molar-refractivity contribution >= 4 is 0 Å². The highest BCUT2D eigenvalue weighted by Gasteiger charge is 2.37. The summed E-state index contributed by atoms with van der Waals surface area (Å²) in [5, 5.41) is 0. The standard InChI is InChI=1S/C23H32F4O2/c1-2-3-4-5-12-28-20-10-8-17-13-16(6-7-18(17)14-20)19-9-11-22(21(24)15-19)29-23(25,26)27/h9,11,15-18,20H,2-8,10,12-14H2,1H3. The molecule has 2 saturated carbocycles. The Morgan fingerprint density at radius 3 is 2.45 bits per heavy atom. The topological polar surface area (TPSA) is 18.5 Å². The van der Waals surface area contributed by atoms with E-state index in [0.717, 1.165) is 63.2 Å². The van der Waals surface area contributed by atoms with E-state index in [1.807, 2.05) is 0 Å². The molecule has 4 unspecified atom stereocenters. The average molecular weight is 416 g/mol. The Labute approximate surface area is 171 Å². The van der Waals surface area contributed by atoms with E-state index in [2.05, 4.69) is 11.7 Å². The van der Waals surface area contributed by atoms with E-state index in [9.17, 15) is 17.6 Å². The molecular formula is C23H32F4O2. The predicted octanol–water partition coefficient (Wildman–Crippen LogP) is 7.37. The minimum atomic E-state index is -4.88. The van der Waals surface area contributed by atoms with Crippen molar-refractivity contribution < 1.29 is 27.0 Å². The molecule has 0 saturated heterocycles. The summed E-state index contributed by atoms with van der Waals surface area (Å²) in [5.41, 5.74) is 0.782. The number of unbranched alkanes of at least 4 members (excludes halogenated alkanes) is 3. The molecule has 0 N–H and O–H groups in total. The molecule has 2 nitrogen and oxygen atoms in total. The third-order valence-electron chi connectivity index (χ3n) is 6.57. The van der Waals surface area contributed by atoms with Crippen LogP contribution in [0, 0.1) is 17.7 Å². The van der Waals surface area contributed by atoms with Crippen molar-refractivity contribution in [2.45, 2.75) is 89.5 Å². The minimum Gasteiger partial charge on any atom is -0.403 e. The average Bonchev–Trinajstić information content (AvgIpc) is 2.68. The number of benzene rings is 1. The number of ether oxygens (including phenoxy) is 2. The van der Waals surface area contributed by atoms with Crippen LogP contribution in [0.3, 0.4) is 0 Å². The molecule has 0 aliphatic heterocycles. The van der Waals surface area contributed by atoms with E-state index in [1.54, 1.807) is 6.07 Å². The van der Waals surface area contributed by atoms with E-state index in [1.165, 1.54) is 25.3 Å². The molecule has 0 bridgehead atoms. The fraction of sp³-hybridized carbons (Fsp3) is 0.739. The number of fused-ring (bicyclic) bond motifs is 1. The molecule has 2 aliphatic carbocycles. The second-order valence-corrected chi connectivity index (χ2v) is 8.63. The zero-order valence-corrected chi connectivity index (χ0v) is 17.1. The molecule has 1 aromatic carbocycles. The predicted molar refractivity (Wildman–Crippen MR) is 104 cm³/mol. The first kappa shape index (κ1) is 22.4. The van der Waals surface area contributed by atoms with Gasteiger partial charge < -0.3 is 9.47 Å². The Balaban J connectivity index is 1.49. The van der Waals surface area contributed by atoms with Crippen molar-refractivity contribution in [1.82, 2.24) is 0 Å². The van der Waals surface area contributed by atoms with Crippen molar-refractivity contribution in [2.24, 2.45) is 11.8 Å². The molecule has 0 amide bonds. The second kappa shape index (κ2) is 10.1. The molecule has 3 rings (SSSR count). The third-order valence-corrected chi connectivity index (χ3v) is 6.57. The van der Waals surface area contributed by atoms with Crippen molar-refractivity contribution in [3.63, 3.8) is 0 Å². The van der Waals surface area contributed by atoms with Crippen LogP contribution >= 0.6 is 0 Å². The smallest absolute Gasteiger partial charge is 0.403 e. The molecule has 6 heteroatoms. The number of alkyl halides is 3. The van der Waals surface area contributed by atoms with Crippen molar-refractivity contribution in [2.75, 3.05) is 6.61 Å². The summed E-state index contributed by atoms with van der Waals surface area (Å²) in [7, 11) is 0. The van der Waals surface area contributed by atoms with E-state index in [-0.39, 0.29) is 5.92 Å². The van der Waals surface area contributed by atoms with Gasteiger partial charge in [0.15, 0.2) is 11.6 Å². The molecule has 164 valence electrons. The van der Waals surface area contributed by atoms with Gasteiger partial charge in [0.2, 0.25) is 0 Å². The first-order valence-corrected chi connectivity index (χ1v) is 11.0. The van der Waals surface area contributed by atoms with Gasteiger partial charge in [-0.1, -0.05) is 32.3 Å². The molecular weight excluding hydrogens is 384 g/mol. The molecule has 2 aliphatic rings. The van der Waals surface area contributed by atoms with E-state index < -0.39 is 17.9 Å². The number of halogens is 4. The number of hydrogen-bond donors (Lipinski definition) is 0. The second-order valence-electron chi connectivity index (χ2n) is 8.63. The Morgan fingerprint density at radius 1 is 0.966 bits per heavy atom. The lowest BCUT2D eigenvalue weighted by molar-refractivity contribution is -0.275. The quantitative estimate of drug-likeness (QED) is 0.325. The van der Waals surface area contributed by atoms with Gasteiger partial charge in [-0.2, -0.15) is 0 Å². The Hall–Kier alpha value is -1.30. The van der Waals surface area contributed by atoms with Crippen molar-refractivity contribution in [1.29, 1.82) is 0 Å². The lowest BCUT2D eigenvalue weighted by Gasteiger charge is -2.42. The summed E-state index contributed by atoms with van der Waals surface area (Å²) in [6.07, 6.45) is 6.68. The van der Waals surface area contributed by atoms with Gasteiger partial charge >= 0.3 is 6.36 Å². The van der Waals surface area contributed by atoms with Crippen LogP contribution in [-0.2, 0) is 4.74 Å². The molecule has 0 aromatic heterocycles. The van der Waals surface area contributed by atoms with Crippen LogP contribution in [0.25, 0.3) is 0 Å². The Bertz CT molecular complexity index is 646. The van der Waals surface area contributed by atoms with Crippen LogP contribution in [0.2, 0.25) is 0 Å². The SMILES string of the molecule is CCCCCCOC1CCC2CC(c3ccc(OC(F)(F)F)c(F)c3)CCC2C1. The minimum absolute atomic E-state index is 0.206. The molecule has 2 fully saturated rings. The zero-order valence-electron chi connectivity index (χ0n) is 17.1. The molecule has 4 atom stereocenters. The highest BCUT2D eigenvalue weighted by atomic mass is 19.4. The van der Waals surface area contributed by atoms with E-state index in [0.29, 0.717) is 17.9 Å². The summed E-state index contributed by atoms with van der Waals surface area (Å²) in [5.74, 6) is -0.243. The highest BCUT2D eigenvalue weighted by Crippen LogP contribution is 2.47. The molecule has 29 heavy (non-hydrogen) atoms. The van der Waals surface area contributed by atoms with Gasteiger partial charge in [0.05, 0.1) is 6.10 Å². The summed E-state index contributed by atoms with van der Waals surface area (Å²) >= 11 is 0. The highest BCUT2D eigenvalue weighted by molar-refractivity contribution is 5.32. The zero-order chi connectivity index (χ0) is 20.9. The fourth-order valence-corrected chi connectivity index (χ4v) is 5.06. The van der Waals surface area contributed by atoms with Crippen molar-refractivity contribution in [3.05, 3.63) is 29.6 Å². The van der Waals surface area contributed by atoms with E-state index >= 15 is 0 Å². The maximum absolute atomic E-state index is 14.1. The van der Waals surface area contributed by atoms with Crippen molar-refractivity contribution in [3.8, 4) is 5.75 Å². The van der Waals surface area contributed by atoms with E-state index in [4.69, 9.17) is 4.74 Å². The molecule has 0 heterocycles. The maximum Gasteiger partial charge on any atom is 0.573 e. The summed E-state index contributed by atoms with van der Waals surface area (Å²) < 4.78 is 60.9. The molecule has 1 aromatic rings. The first-order valence-electron chi connectivity index (χ1n) is 11.0. The summed E-state index contributed by atoms with van der Waals surface area (Å²) in [6.45, 7) is 3.06. The first-order chi connectivity index (χ1) is 13.9. The Kier molecular flexibility index (Phi) is 7.83. The number of rotatable bonds is 8. The van der Waals surface area contributed by atoms with Crippen LogP contribution in [-0.4, -0.2) is 19.1 Å². The van der Waals surface area contributed by atoms with Gasteiger partial charge in [-0.15, -0.1) is 13.2 Å². The normalized spacial score (nSPS) is 27.5. The Morgan fingerprint density at radius 2 is 1.72 bits per heavy atom. The maximum atomic E-state index is 14.1. The lowest BCUT2D eigenvalue weighted by Crippen LogP contribution is -2.34. The van der Waals surface area contributed by atoms with Crippen LogP contribution < -0.4 is 4.74 Å². The van der Waals surface area contributed by atoms with Crippen LogP contribution in [0.5, 0.6) is 5.75 Å². The van der Waals surface area contributed by atoms with Gasteiger partial charge in [-0.05, 0) is 80.4 Å². The van der Waals surface area contributed by atoms with Crippen LogP contribution in [0.1, 0.15) is 82.6 Å². The van der Waals surface area contributed by atoms with Gasteiger partial charge in [0.1, 0.15) is 0 Å². The third kappa shape index (κ3) is 6.59. The molecule has 0 spiro atoms. The van der Waals surface area contributed by atoms with Gasteiger partial charge in [-0.3, -0.25) is 0 Å². The largest absolute Gasteiger partial charge is 0.573 e. The summed E-state index contributed by atoms with van der Waals surface area (Å²) in [4.78, 5) is 0. The lowest BCUT2D eigenvalue weighted by atomic mass is 9.65.